The molecule has 0 spiro atoms. The molecule has 1 aliphatic heterocycles. The number of carbonyl (C=O) groups excluding carboxylic acids is 3. The molecule has 0 aliphatic carbocycles. The molecule has 1 aliphatic rings. The number of nitrogens with zero attached hydrogens (tertiary/aromatic N) is 1. The van der Waals surface area contributed by atoms with Gasteiger partial charge in [0.1, 0.15) is 0 Å². The fraction of sp³-hybridized carbons (Fsp3) is 0.393. The number of hydrogen-bond acceptors (Lipinski definition) is 4. The van der Waals surface area contributed by atoms with Crippen LogP contribution in [0.15, 0.2) is 59.8 Å². The zero-order valence-corrected chi connectivity index (χ0v) is 20.5. The Morgan fingerprint density at radius 3 is 2.32 bits per heavy atom. The van der Waals surface area contributed by atoms with E-state index < -0.39 is 0 Å². The zero-order chi connectivity index (χ0) is 24.7. The van der Waals surface area contributed by atoms with Crippen LogP contribution in [0.3, 0.4) is 0 Å². The first-order chi connectivity index (χ1) is 16.3. The number of aryl methyl sites for hydroxylation is 1. The summed E-state index contributed by atoms with van der Waals surface area (Å²) in [5.74, 6) is -0.868. The van der Waals surface area contributed by atoms with Crippen LogP contribution in [0.4, 0.5) is 0 Å². The van der Waals surface area contributed by atoms with Crippen molar-refractivity contribution in [1.82, 2.24) is 10.2 Å². The lowest BCUT2D eigenvalue weighted by Crippen LogP contribution is -2.38. The highest BCUT2D eigenvalue weighted by Crippen LogP contribution is 2.37. The van der Waals surface area contributed by atoms with Crippen molar-refractivity contribution >= 4 is 17.8 Å². The molecule has 0 radical (unpaired) electrons. The molecule has 0 fully saturated rings. The summed E-state index contributed by atoms with van der Waals surface area (Å²) in [5, 5.41) is 2.91. The van der Waals surface area contributed by atoms with E-state index in [4.69, 9.17) is 4.74 Å². The van der Waals surface area contributed by atoms with E-state index in [1.807, 2.05) is 43.3 Å². The standard InChI is InChI=1S/C28H34N2O4/c1-5-7-16-29-27(32)23-14-10-21(11-15-23)18-30-20(4)26(28(33)34-6-2)24(17-25(30)31)22-12-8-19(3)9-13-22/h8-15,24H,5-7,16-18H2,1-4H3,(H,29,32). The molecule has 1 unspecified atom stereocenters. The Bertz CT molecular complexity index is 1050. The first-order valence-electron chi connectivity index (χ1n) is 12.0. The van der Waals surface area contributed by atoms with Crippen molar-refractivity contribution in [1.29, 1.82) is 0 Å². The van der Waals surface area contributed by atoms with Gasteiger partial charge in [-0.1, -0.05) is 55.3 Å². The normalized spacial score (nSPS) is 15.9. The van der Waals surface area contributed by atoms with E-state index in [0.29, 0.717) is 29.9 Å². The maximum atomic E-state index is 13.2. The fourth-order valence-electron chi connectivity index (χ4n) is 4.19. The summed E-state index contributed by atoms with van der Waals surface area (Å²) < 4.78 is 5.36. The van der Waals surface area contributed by atoms with Crippen LogP contribution in [0.5, 0.6) is 0 Å². The van der Waals surface area contributed by atoms with E-state index in [0.717, 1.165) is 29.5 Å². The van der Waals surface area contributed by atoms with Crippen LogP contribution in [0, 0.1) is 6.92 Å². The molecule has 1 atom stereocenters. The SMILES string of the molecule is CCCCNC(=O)c1ccc(CN2C(=O)CC(c3ccc(C)cc3)C(C(=O)OCC)=C2C)cc1. The number of rotatable bonds is 9. The van der Waals surface area contributed by atoms with Crippen LogP contribution in [0.2, 0.25) is 0 Å². The third kappa shape index (κ3) is 5.93. The molecule has 2 aromatic carbocycles. The summed E-state index contributed by atoms with van der Waals surface area (Å²) in [7, 11) is 0. The number of esters is 1. The molecule has 34 heavy (non-hydrogen) atoms. The molecule has 0 saturated carbocycles. The summed E-state index contributed by atoms with van der Waals surface area (Å²) >= 11 is 0. The number of ether oxygens (including phenoxy) is 1. The smallest absolute Gasteiger partial charge is 0.336 e. The molecule has 2 aromatic rings. The summed E-state index contributed by atoms with van der Waals surface area (Å²) in [5.41, 5.74) is 4.66. The lowest BCUT2D eigenvalue weighted by molar-refractivity contribution is -0.140. The number of unbranched alkanes of at least 4 members (excludes halogenated alkanes) is 1. The van der Waals surface area contributed by atoms with Crippen LogP contribution >= 0.6 is 0 Å². The largest absolute Gasteiger partial charge is 0.463 e. The molecule has 6 nitrogen and oxygen atoms in total. The van der Waals surface area contributed by atoms with E-state index in [-0.39, 0.29) is 36.7 Å². The second-order valence-corrected chi connectivity index (χ2v) is 8.67. The van der Waals surface area contributed by atoms with Crippen LogP contribution in [-0.4, -0.2) is 35.8 Å². The minimum absolute atomic E-state index is 0.0440. The van der Waals surface area contributed by atoms with Gasteiger partial charge in [0.25, 0.3) is 5.91 Å². The van der Waals surface area contributed by atoms with Crippen LogP contribution in [0.1, 0.15) is 73.0 Å². The Morgan fingerprint density at radius 2 is 1.71 bits per heavy atom. The van der Waals surface area contributed by atoms with Gasteiger partial charge in [-0.25, -0.2) is 4.79 Å². The molecule has 2 amide bonds. The van der Waals surface area contributed by atoms with Gasteiger partial charge in [-0.3, -0.25) is 9.59 Å². The van der Waals surface area contributed by atoms with Crippen molar-refractivity contribution < 1.29 is 19.1 Å². The first-order valence-corrected chi connectivity index (χ1v) is 12.0. The molecular weight excluding hydrogens is 428 g/mol. The highest BCUT2D eigenvalue weighted by molar-refractivity contribution is 5.96. The molecule has 0 aromatic heterocycles. The van der Waals surface area contributed by atoms with Gasteiger partial charge in [0.05, 0.1) is 18.7 Å². The Hall–Kier alpha value is -3.41. The second kappa shape index (κ2) is 11.6. The van der Waals surface area contributed by atoms with Crippen molar-refractivity contribution in [2.24, 2.45) is 0 Å². The predicted octanol–water partition coefficient (Wildman–Crippen LogP) is 4.88. The Labute approximate surface area is 202 Å². The zero-order valence-electron chi connectivity index (χ0n) is 20.5. The van der Waals surface area contributed by atoms with Gasteiger partial charge in [-0.2, -0.15) is 0 Å². The van der Waals surface area contributed by atoms with Crippen molar-refractivity contribution in [2.45, 2.75) is 59.4 Å². The van der Waals surface area contributed by atoms with Gasteiger partial charge in [-0.05, 0) is 50.5 Å². The molecule has 1 heterocycles. The van der Waals surface area contributed by atoms with Crippen LogP contribution in [-0.2, 0) is 20.9 Å². The van der Waals surface area contributed by atoms with Crippen molar-refractivity contribution in [2.75, 3.05) is 13.2 Å². The third-order valence-corrected chi connectivity index (χ3v) is 6.17. The van der Waals surface area contributed by atoms with Crippen molar-refractivity contribution in [3.05, 3.63) is 82.1 Å². The molecule has 6 heteroatoms. The van der Waals surface area contributed by atoms with E-state index in [1.165, 1.54) is 0 Å². The average Bonchev–Trinajstić information content (AvgIpc) is 2.82. The highest BCUT2D eigenvalue weighted by atomic mass is 16.5. The number of allylic oxidation sites excluding steroid dienone is 1. The van der Waals surface area contributed by atoms with Crippen molar-refractivity contribution in [3.63, 3.8) is 0 Å². The molecule has 180 valence electrons. The third-order valence-electron chi connectivity index (χ3n) is 6.17. The van der Waals surface area contributed by atoms with Crippen LogP contribution < -0.4 is 5.32 Å². The number of amides is 2. The van der Waals surface area contributed by atoms with Gasteiger partial charge < -0.3 is 15.0 Å². The summed E-state index contributed by atoms with van der Waals surface area (Å²) in [6.45, 7) is 8.92. The quantitative estimate of drug-likeness (QED) is 0.426. The summed E-state index contributed by atoms with van der Waals surface area (Å²) in [6, 6.07) is 15.2. The summed E-state index contributed by atoms with van der Waals surface area (Å²) in [4.78, 5) is 40.0. The van der Waals surface area contributed by atoms with Gasteiger partial charge in [-0.15, -0.1) is 0 Å². The van der Waals surface area contributed by atoms with E-state index >= 15 is 0 Å². The monoisotopic (exact) mass is 462 g/mol. The molecule has 3 rings (SSSR count). The van der Waals surface area contributed by atoms with Crippen LogP contribution in [0.25, 0.3) is 0 Å². The average molecular weight is 463 g/mol. The topological polar surface area (TPSA) is 75.7 Å². The summed E-state index contributed by atoms with van der Waals surface area (Å²) in [6.07, 6.45) is 2.17. The lowest BCUT2D eigenvalue weighted by Gasteiger charge is -2.34. The minimum Gasteiger partial charge on any atom is -0.463 e. The van der Waals surface area contributed by atoms with E-state index in [2.05, 4.69) is 12.2 Å². The predicted molar refractivity (Wildman–Crippen MR) is 132 cm³/mol. The highest BCUT2D eigenvalue weighted by Gasteiger charge is 2.36. The number of hydrogen-bond donors (Lipinski definition) is 1. The van der Waals surface area contributed by atoms with Gasteiger partial charge in [0.2, 0.25) is 5.91 Å². The van der Waals surface area contributed by atoms with Gasteiger partial charge >= 0.3 is 5.97 Å². The maximum absolute atomic E-state index is 13.2. The minimum atomic E-state index is -0.387. The lowest BCUT2D eigenvalue weighted by atomic mass is 9.83. The Kier molecular flexibility index (Phi) is 8.63. The Morgan fingerprint density at radius 1 is 1.03 bits per heavy atom. The fourth-order valence-corrected chi connectivity index (χ4v) is 4.19. The van der Waals surface area contributed by atoms with Gasteiger partial charge in [0, 0.05) is 30.1 Å². The molecular formula is C28H34N2O4. The molecule has 0 saturated heterocycles. The molecule has 1 N–H and O–H groups in total. The number of nitrogens with one attached hydrogen (secondary N) is 1. The Balaban J connectivity index is 1.85. The number of benzene rings is 2. The number of carbonyl (C=O) groups is 3. The first kappa shape index (κ1) is 25.2. The van der Waals surface area contributed by atoms with E-state index in [9.17, 15) is 14.4 Å². The van der Waals surface area contributed by atoms with E-state index in [1.54, 1.807) is 30.9 Å². The maximum Gasteiger partial charge on any atom is 0.336 e. The molecule has 0 bridgehead atoms. The van der Waals surface area contributed by atoms with Crippen molar-refractivity contribution in [3.8, 4) is 0 Å². The van der Waals surface area contributed by atoms with Gasteiger partial charge in [0.15, 0.2) is 0 Å². The second-order valence-electron chi connectivity index (χ2n) is 8.67.